The average Bonchev–Trinajstić information content (AvgIpc) is 3.32. The van der Waals surface area contributed by atoms with Crippen LogP contribution in [0.4, 0.5) is 16.2 Å². The molecule has 1 heterocycles. The third-order valence-corrected chi connectivity index (χ3v) is 6.50. The van der Waals surface area contributed by atoms with Crippen molar-refractivity contribution in [2.45, 2.75) is 19.0 Å². The van der Waals surface area contributed by atoms with Gasteiger partial charge >= 0.3 is 6.03 Å². The Labute approximate surface area is 212 Å². The van der Waals surface area contributed by atoms with Gasteiger partial charge < -0.3 is 16.4 Å². The summed E-state index contributed by atoms with van der Waals surface area (Å²) >= 11 is 9.64. The largest absolute Gasteiger partial charge is 0.399 e. The Bertz CT molecular complexity index is 1160. The maximum Gasteiger partial charge on any atom is 0.315 e. The second-order valence-corrected chi connectivity index (χ2v) is 9.23. The molecule has 3 aromatic carbocycles. The predicted octanol–water partition coefficient (Wildman–Crippen LogP) is 4.88. The van der Waals surface area contributed by atoms with Crippen molar-refractivity contribution in [1.29, 1.82) is 0 Å². The van der Waals surface area contributed by atoms with Gasteiger partial charge in [-0.2, -0.15) is 0 Å². The molecule has 0 aromatic heterocycles. The van der Waals surface area contributed by atoms with Crippen LogP contribution in [0.2, 0.25) is 5.02 Å². The molecule has 0 unspecified atom stereocenters. The molecule has 0 radical (unpaired) electrons. The second-order valence-electron chi connectivity index (χ2n) is 7.94. The average molecular weight is 543 g/mol. The van der Waals surface area contributed by atoms with Crippen molar-refractivity contribution >= 4 is 50.8 Å². The minimum Gasteiger partial charge on any atom is -0.399 e. The van der Waals surface area contributed by atoms with Gasteiger partial charge in [0, 0.05) is 34.8 Å². The molecule has 4 N–H and O–H groups in total. The molecule has 1 atom stereocenters. The van der Waals surface area contributed by atoms with Crippen LogP contribution in [0, 0.1) is 0 Å². The monoisotopic (exact) mass is 541 g/mol. The van der Waals surface area contributed by atoms with E-state index >= 15 is 0 Å². The molecular formula is C25H25BrClN5O2. The van der Waals surface area contributed by atoms with Crippen LogP contribution in [0.1, 0.15) is 23.6 Å². The van der Waals surface area contributed by atoms with Gasteiger partial charge in [-0.15, -0.1) is 0 Å². The number of nitrogens with two attached hydrogens (primary N) is 1. The highest BCUT2D eigenvalue weighted by Gasteiger charge is 2.34. The Morgan fingerprint density at radius 2 is 1.71 bits per heavy atom. The number of urea groups is 1. The number of rotatable bonds is 6. The van der Waals surface area contributed by atoms with Crippen molar-refractivity contribution in [2.24, 2.45) is 0 Å². The maximum absolute atomic E-state index is 13.8. The van der Waals surface area contributed by atoms with Crippen molar-refractivity contribution in [3.63, 3.8) is 0 Å². The van der Waals surface area contributed by atoms with E-state index in [1.165, 1.54) is 0 Å². The molecule has 1 aliphatic rings. The van der Waals surface area contributed by atoms with Gasteiger partial charge in [0.2, 0.25) is 0 Å². The van der Waals surface area contributed by atoms with E-state index < -0.39 is 12.1 Å². The van der Waals surface area contributed by atoms with E-state index in [4.69, 9.17) is 17.3 Å². The molecule has 34 heavy (non-hydrogen) atoms. The number of anilines is 2. The first-order valence-electron chi connectivity index (χ1n) is 10.9. The lowest BCUT2D eigenvalue weighted by Gasteiger charge is -2.33. The van der Waals surface area contributed by atoms with Crippen LogP contribution in [0.15, 0.2) is 77.3 Å². The number of hydrazine groups is 1. The van der Waals surface area contributed by atoms with Crippen molar-refractivity contribution in [2.75, 3.05) is 23.8 Å². The zero-order chi connectivity index (χ0) is 24.1. The fourth-order valence-corrected chi connectivity index (χ4v) is 4.46. The summed E-state index contributed by atoms with van der Waals surface area (Å²) in [6.07, 6.45) is 0.823. The Morgan fingerprint density at radius 3 is 2.41 bits per heavy atom. The first-order valence-corrected chi connectivity index (χ1v) is 12.1. The van der Waals surface area contributed by atoms with Crippen molar-refractivity contribution in [3.8, 4) is 0 Å². The van der Waals surface area contributed by atoms with E-state index in [9.17, 15) is 9.59 Å². The quantitative estimate of drug-likeness (QED) is 0.387. The zero-order valence-electron chi connectivity index (χ0n) is 18.4. The normalized spacial score (nSPS) is 14.1. The summed E-state index contributed by atoms with van der Waals surface area (Å²) in [5, 5.41) is 9.87. The number of para-hydroxylation sites is 1. The zero-order valence-corrected chi connectivity index (χ0v) is 20.7. The van der Waals surface area contributed by atoms with Crippen LogP contribution in [0.3, 0.4) is 0 Å². The van der Waals surface area contributed by atoms with Gasteiger partial charge in [0.1, 0.15) is 6.04 Å². The Kier molecular flexibility index (Phi) is 7.59. The van der Waals surface area contributed by atoms with Crippen LogP contribution >= 0.6 is 27.5 Å². The fraction of sp³-hybridized carbons (Fsp3) is 0.200. The summed E-state index contributed by atoms with van der Waals surface area (Å²) < 4.78 is 0.895. The number of hydrogen-bond donors (Lipinski definition) is 3. The number of nitrogens with one attached hydrogen (secondary N) is 2. The molecule has 176 valence electrons. The third kappa shape index (κ3) is 5.63. The third-order valence-electron chi connectivity index (χ3n) is 5.57. The van der Waals surface area contributed by atoms with E-state index in [0.29, 0.717) is 35.9 Å². The molecule has 3 amide bonds. The lowest BCUT2D eigenvalue weighted by Crippen LogP contribution is -2.49. The number of carbonyl (C=O) groups excluding carboxylic acids is 2. The highest BCUT2D eigenvalue weighted by molar-refractivity contribution is 9.10. The second kappa shape index (κ2) is 10.8. The number of halogens is 2. The van der Waals surface area contributed by atoms with E-state index in [-0.39, 0.29) is 5.91 Å². The fourth-order valence-electron chi connectivity index (χ4n) is 3.84. The standard InChI is InChI=1S/C25H25BrClN5O2/c26-21-4-1-2-5-22(21)31-14-3-15-32(31)24(33)23(18-8-10-19(27)11-9-18)30-25(34)29-16-17-6-12-20(28)13-7-17/h1-2,4-13,23H,3,14-16,28H2,(H2,29,30,34)/t23-/m0/s1. The van der Waals surface area contributed by atoms with Gasteiger partial charge in [-0.25, -0.2) is 4.79 Å². The number of nitrogens with zero attached hydrogens (tertiary/aromatic N) is 2. The van der Waals surface area contributed by atoms with E-state index in [1.807, 2.05) is 41.4 Å². The summed E-state index contributed by atoms with van der Waals surface area (Å²) in [6, 6.07) is 20.6. The summed E-state index contributed by atoms with van der Waals surface area (Å²) in [7, 11) is 0. The molecule has 9 heteroatoms. The Hall–Kier alpha value is -3.23. The minimum absolute atomic E-state index is 0.224. The summed E-state index contributed by atoms with van der Waals surface area (Å²) in [5.41, 5.74) is 8.82. The number of amides is 3. The van der Waals surface area contributed by atoms with Gasteiger partial charge in [0.25, 0.3) is 5.91 Å². The van der Waals surface area contributed by atoms with Crippen LogP contribution in [0.5, 0.6) is 0 Å². The molecule has 4 rings (SSSR count). The lowest BCUT2D eigenvalue weighted by atomic mass is 10.1. The molecule has 7 nitrogen and oxygen atoms in total. The van der Waals surface area contributed by atoms with E-state index in [2.05, 4.69) is 26.6 Å². The van der Waals surface area contributed by atoms with Crippen molar-refractivity contribution < 1.29 is 9.59 Å². The van der Waals surface area contributed by atoms with Gasteiger partial charge in [-0.05, 0) is 69.9 Å². The van der Waals surface area contributed by atoms with Crippen LogP contribution in [-0.2, 0) is 11.3 Å². The summed E-state index contributed by atoms with van der Waals surface area (Å²) in [4.78, 5) is 26.5. The molecule has 0 saturated carbocycles. The van der Waals surface area contributed by atoms with Crippen LogP contribution in [0.25, 0.3) is 0 Å². The number of carbonyl (C=O) groups is 2. The van der Waals surface area contributed by atoms with Crippen molar-refractivity contribution in [1.82, 2.24) is 15.6 Å². The smallest absolute Gasteiger partial charge is 0.315 e. The summed E-state index contributed by atoms with van der Waals surface area (Å²) in [6.45, 7) is 1.56. The molecule has 0 spiro atoms. The van der Waals surface area contributed by atoms with Gasteiger partial charge in [-0.3, -0.25) is 14.8 Å². The molecule has 1 aliphatic heterocycles. The first kappa shape index (κ1) is 23.9. The molecule has 0 bridgehead atoms. The van der Waals surface area contributed by atoms with Crippen LogP contribution in [-0.4, -0.2) is 30.0 Å². The van der Waals surface area contributed by atoms with Crippen molar-refractivity contribution in [3.05, 3.63) is 93.4 Å². The predicted molar refractivity (Wildman–Crippen MR) is 138 cm³/mol. The molecule has 0 aliphatic carbocycles. The minimum atomic E-state index is -0.883. The first-order chi connectivity index (χ1) is 16.4. The van der Waals surface area contributed by atoms with E-state index in [1.54, 1.807) is 41.4 Å². The highest BCUT2D eigenvalue weighted by Crippen LogP contribution is 2.31. The van der Waals surface area contributed by atoms with Gasteiger partial charge in [0.15, 0.2) is 0 Å². The Morgan fingerprint density at radius 1 is 1.00 bits per heavy atom. The van der Waals surface area contributed by atoms with Crippen LogP contribution < -0.4 is 21.4 Å². The SMILES string of the molecule is Nc1ccc(CNC(=O)N[C@H](C(=O)N2CCCN2c2ccccc2Br)c2ccc(Cl)cc2)cc1. The molecular weight excluding hydrogens is 518 g/mol. The number of hydrogen-bond acceptors (Lipinski definition) is 4. The number of nitrogen functional groups attached to an aromatic ring is 1. The molecule has 3 aromatic rings. The number of benzene rings is 3. The lowest BCUT2D eigenvalue weighted by molar-refractivity contribution is -0.132. The van der Waals surface area contributed by atoms with Gasteiger partial charge in [0.05, 0.1) is 5.69 Å². The summed E-state index contributed by atoms with van der Waals surface area (Å²) in [5.74, 6) is -0.224. The topological polar surface area (TPSA) is 90.7 Å². The van der Waals surface area contributed by atoms with E-state index in [0.717, 1.165) is 22.1 Å². The molecule has 1 fully saturated rings. The Balaban J connectivity index is 1.53. The highest BCUT2D eigenvalue weighted by atomic mass is 79.9. The maximum atomic E-state index is 13.8. The van der Waals surface area contributed by atoms with Gasteiger partial charge in [-0.1, -0.05) is 48.0 Å². The molecule has 1 saturated heterocycles.